The molecule has 0 spiro atoms. The lowest BCUT2D eigenvalue weighted by atomic mass is 10.1. The molecule has 1 amide bonds. The van der Waals surface area contributed by atoms with Crippen molar-refractivity contribution in [3.05, 3.63) is 29.8 Å². The van der Waals surface area contributed by atoms with Gasteiger partial charge in [0.2, 0.25) is 5.91 Å². The number of aliphatic imine (C=N–C) groups is 1. The maximum atomic E-state index is 11.4. The fourth-order valence-electron chi connectivity index (χ4n) is 3.42. The molecule has 0 saturated carbocycles. The van der Waals surface area contributed by atoms with E-state index >= 15 is 0 Å². The topological polar surface area (TPSA) is 69.2 Å². The molecule has 1 aromatic rings. The molecule has 2 N–H and O–H groups in total. The second-order valence-corrected chi connectivity index (χ2v) is 6.78. The van der Waals surface area contributed by atoms with Crippen LogP contribution >= 0.6 is 24.0 Å². The third-order valence-electron chi connectivity index (χ3n) is 4.97. The van der Waals surface area contributed by atoms with Crippen LogP contribution in [0.4, 0.5) is 0 Å². The van der Waals surface area contributed by atoms with Crippen LogP contribution in [0.1, 0.15) is 12.5 Å². The summed E-state index contributed by atoms with van der Waals surface area (Å²) < 4.78 is 5.95. The summed E-state index contributed by atoms with van der Waals surface area (Å²) in [6.45, 7) is 7.64. The van der Waals surface area contributed by atoms with E-state index < -0.39 is 0 Å². The largest absolute Gasteiger partial charge is 0.488 e. The first-order valence-corrected chi connectivity index (χ1v) is 9.32. The Bertz CT molecular complexity index is 622. The van der Waals surface area contributed by atoms with E-state index in [1.165, 1.54) is 5.56 Å². The van der Waals surface area contributed by atoms with Gasteiger partial charge in [0.05, 0.1) is 6.54 Å². The fraction of sp³-hybridized carbons (Fsp3) is 0.579. The number of ether oxygens (including phenoxy) is 1. The molecule has 0 aliphatic carbocycles. The van der Waals surface area contributed by atoms with E-state index in [0.717, 1.165) is 63.9 Å². The number of hydrogen-bond donors (Lipinski definition) is 2. The van der Waals surface area contributed by atoms with E-state index in [9.17, 15) is 4.79 Å². The van der Waals surface area contributed by atoms with Crippen molar-refractivity contribution in [2.75, 3.05) is 52.9 Å². The Morgan fingerprint density at radius 2 is 1.96 bits per heavy atom. The molecule has 8 heteroatoms. The molecule has 1 unspecified atom stereocenters. The average Bonchev–Trinajstić information content (AvgIpc) is 3.07. The van der Waals surface area contributed by atoms with Gasteiger partial charge in [-0.05, 0) is 11.6 Å². The van der Waals surface area contributed by atoms with Crippen LogP contribution in [0.25, 0.3) is 0 Å². The molecule has 150 valence electrons. The number of benzene rings is 1. The van der Waals surface area contributed by atoms with Crippen LogP contribution in [0.15, 0.2) is 29.3 Å². The second-order valence-electron chi connectivity index (χ2n) is 6.78. The highest BCUT2D eigenvalue weighted by molar-refractivity contribution is 14.0. The Morgan fingerprint density at radius 1 is 1.22 bits per heavy atom. The van der Waals surface area contributed by atoms with Crippen LogP contribution in [0, 0.1) is 0 Å². The van der Waals surface area contributed by atoms with Gasteiger partial charge in [-0.25, -0.2) is 0 Å². The minimum atomic E-state index is 0. The smallest absolute Gasteiger partial charge is 0.219 e. The minimum Gasteiger partial charge on any atom is -0.488 e. The van der Waals surface area contributed by atoms with Crippen molar-refractivity contribution < 1.29 is 9.53 Å². The van der Waals surface area contributed by atoms with Gasteiger partial charge in [-0.2, -0.15) is 0 Å². The molecule has 0 aromatic heterocycles. The van der Waals surface area contributed by atoms with Crippen molar-refractivity contribution in [1.82, 2.24) is 20.4 Å². The number of hydrogen-bond acceptors (Lipinski definition) is 4. The zero-order valence-corrected chi connectivity index (χ0v) is 18.4. The van der Waals surface area contributed by atoms with E-state index in [1.807, 2.05) is 17.0 Å². The Kier molecular flexibility index (Phi) is 8.62. The van der Waals surface area contributed by atoms with Crippen molar-refractivity contribution in [2.24, 2.45) is 4.99 Å². The van der Waals surface area contributed by atoms with Gasteiger partial charge in [-0.15, -0.1) is 24.0 Å². The molecule has 1 fully saturated rings. The van der Waals surface area contributed by atoms with E-state index in [4.69, 9.17) is 4.74 Å². The summed E-state index contributed by atoms with van der Waals surface area (Å²) in [6, 6.07) is 8.20. The van der Waals surface area contributed by atoms with Gasteiger partial charge < -0.3 is 20.3 Å². The molecule has 2 aliphatic rings. The van der Waals surface area contributed by atoms with Gasteiger partial charge in [-0.1, -0.05) is 18.2 Å². The molecular formula is C19H30IN5O2. The number of fused-ring (bicyclic) bond motifs is 1. The number of halogens is 1. The van der Waals surface area contributed by atoms with Gasteiger partial charge in [0.1, 0.15) is 11.9 Å². The quantitative estimate of drug-likeness (QED) is 0.368. The SMILES string of the molecule is CN=C(NCCN1CCN(C(C)=O)CC1)NCC1Cc2ccccc2O1.I. The lowest BCUT2D eigenvalue weighted by Gasteiger charge is -2.34. The molecular weight excluding hydrogens is 457 g/mol. The van der Waals surface area contributed by atoms with E-state index in [1.54, 1.807) is 14.0 Å². The lowest BCUT2D eigenvalue weighted by molar-refractivity contribution is -0.130. The Labute approximate surface area is 178 Å². The summed E-state index contributed by atoms with van der Waals surface area (Å²) in [7, 11) is 1.78. The monoisotopic (exact) mass is 487 g/mol. The van der Waals surface area contributed by atoms with Crippen molar-refractivity contribution in [2.45, 2.75) is 19.4 Å². The van der Waals surface area contributed by atoms with Gasteiger partial charge in [0.25, 0.3) is 0 Å². The molecule has 1 aromatic carbocycles. The van der Waals surface area contributed by atoms with Gasteiger partial charge >= 0.3 is 0 Å². The highest BCUT2D eigenvalue weighted by atomic mass is 127. The number of nitrogens with zero attached hydrogens (tertiary/aromatic N) is 3. The van der Waals surface area contributed by atoms with Crippen LogP contribution < -0.4 is 15.4 Å². The number of para-hydroxylation sites is 1. The van der Waals surface area contributed by atoms with E-state index in [0.29, 0.717) is 0 Å². The van der Waals surface area contributed by atoms with Gasteiger partial charge in [0, 0.05) is 59.7 Å². The number of nitrogens with one attached hydrogen (secondary N) is 2. The standard InChI is InChI=1S/C19H29N5O2.HI/c1-15(25)24-11-9-23(10-12-24)8-7-21-19(20-2)22-14-17-13-16-5-3-4-6-18(16)26-17;/h3-6,17H,7-14H2,1-2H3,(H2,20,21,22);1H. The summed E-state index contributed by atoms with van der Waals surface area (Å²) in [5, 5.41) is 6.71. The van der Waals surface area contributed by atoms with E-state index in [-0.39, 0.29) is 36.0 Å². The third kappa shape index (κ3) is 6.24. The Hall–Kier alpha value is -1.55. The number of carbonyl (C=O) groups is 1. The summed E-state index contributed by atoms with van der Waals surface area (Å²) in [5.41, 5.74) is 1.27. The van der Waals surface area contributed by atoms with Crippen LogP contribution in [-0.4, -0.2) is 80.6 Å². The van der Waals surface area contributed by atoms with Crippen LogP contribution in [0.5, 0.6) is 5.75 Å². The molecule has 7 nitrogen and oxygen atoms in total. The first-order chi connectivity index (χ1) is 12.7. The first-order valence-electron chi connectivity index (χ1n) is 9.32. The summed E-state index contributed by atoms with van der Waals surface area (Å²) in [4.78, 5) is 19.9. The maximum absolute atomic E-state index is 11.4. The zero-order valence-electron chi connectivity index (χ0n) is 16.1. The normalized spacial score (nSPS) is 19.7. The molecule has 3 rings (SSSR count). The highest BCUT2D eigenvalue weighted by Crippen LogP contribution is 2.27. The molecule has 2 aliphatic heterocycles. The molecule has 1 atom stereocenters. The maximum Gasteiger partial charge on any atom is 0.219 e. The van der Waals surface area contributed by atoms with Crippen molar-refractivity contribution in [3.8, 4) is 5.75 Å². The number of carbonyl (C=O) groups excluding carboxylic acids is 1. The third-order valence-corrected chi connectivity index (χ3v) is 4.97. The van der Waals surface area contributed by atoms with Gasteiger partial charge in [-0.3, -0.25) is 14.7 Å². The Balaban J connectivity index is 0.00000261. The van der Waals surface area contributed by atoms with Crippen LogP contribution in [0.3, 0.4) is 0 Å². The van der Waals surface area contributed by atoms with Crippen molar-refractivity contribution in [1.29, 1.82) is 0 Å². The lowest BCUT2D eigenvalue weighted by Crippen LogP contribution is -2.50. The van der Waals surface area contributed by atoms with Crippen molar-refractivity contribution >= 4 is 35.8 Å². The second kappa shape index (κ2) is 10.7. The summed E-state index contributed by atoms with van der Waals surface area (Å²) in [6.07, 6.45) is 1.08. The van der Waals surface area contributed by atoms with Gasteiger partial charge in [0.15, 0.2) is 5.96 Å². The summed E-state index contributed by atoms with van der Waals surface area (Å²) >= 11 is 0. The molecule has 0 radical (unpaired) electrons. The van der Waals surface area contributed by atoms with E-state index in [2.05, 4.69) is 32.7 Å². The zero-order chi connectivity index (χ0) is 18.4. The fourth-order valence-corrected chi connectivity index (χ4v) is 3.42. The van der Waals surface area contributed by atoms with Crippen molar-refractivity contribution in [3.63, 3.8) is 0 Å². The number of piperazine rings is 1. The van der Waals surface area contributed by atoms with Crippen LogP contribution in [-0.2, 0) is 11.2 Å². The predicted molar refractivity (Wildman–Crippen MR) is 118 cm³/mol. The number of amides is 1. The number of guanidine groups is 1. The molecule has 2 heterocycles. The molecule has 1 saturated heterocycles. The average molecular weight is 487 g/mol. The first kappa shape index (κ1) is 21.7. The molecule has 27 heavy (non-hydrogen) atoms. The summed E-state index contributed by atoms with van der Waals surface area (Å²) in [5.74, 6) is 1.96. The van der Waals surface area contributed by atoms with Crippen LogP contribution in [0.2, 0.25) is 0 Å². The molecule has 0 bridgehead atoms. The number of rotatable bonds is 5. The predicted octanol–water partition coefficient (Wildman–Crippen LogP) is 0.937. The Morgan fingerprint density at radius 3 is 2.63 bits per heavy atom. The highest BCUT2D eigenvalue weighted by Gasteiger charge is 2.22. The minimum absolute atomic E-state index is 0.